The Morgan fingerprint density at radius 2 is 2.28 bits per heavy atom. The summed E-state index contributed by atoms with van der Waals surface area (Å²) in [6, 6.07) is 0.315. The van der Waals surface area contributed by atoms with Crippen molar-refractivity contribution in [3.8, 4) is 0 Å². The van der Waals surface area contributed by atoms with E-state index in [9.17, 15) is 4.79 Å². The lowest BCUT2D eigenvalue weighted by atomic mass is 10.3. The molecule has 0 aromatic carbocycles. The molecular weight excluding hydrogens is 266 g/mol. The van der Waals surface area contributed by atoms with E-state index >= 15 is 0 Å². The van der Waals surface area contributed by atoms with Gasteiger partial charge < -0.3 is 4.57 Å². The quantitative estimate of drug-likeness (QED) is 0.630. The van der Waals surface area contributed by atoms with Crippen molar-refractivity contribution in [1.29, 1.82) is 0 Å². The SMILES string of the molecule is CCN1C(=O)/C(=C\c2cncn2C(C)C)SC1=S. The predicted molar refractivity (Wildman–Crippen MR) is 78.2 cm³/mol. The maximum Gasteiger partial charge on any atom is 0.266 e. The third-order valence-corrected chi connectivity index (χ3v) is 4.10. The number of thioether (sulfide) groups is 1. The van der Waals surface area contributed by atoms with Crippen LogP contribution in [0.3, 0.4) is 0 Å². The van der Waals surface area contributed by atoms with Gasteiger partial charge in [0.1, 0.15) is 4.32 Å². The van der Waals surface area contributed by atoms with Gasteiger partial charge in [0.05, 0.1) is 23.1 Å². The molecule has 1 saturated heterocycles. The second-order valence-corrected chi connectivity index (χ2v) is 5.92. The Labute approximate surface area is 116 Å². The minimum Gasteiger partial charge on any atom is -0.329 e. The van der Waals surface area contributed by atoms with Gasteiger partial charge in [-0.25, -0.2) is 4.98 Å². The van der Waals surface area contributed by atoms with Crippen LogP contribution in [-0.2, 0) is 4.79 Å². The molecule has 2 heterocycles. The van der Waals surface area contributed by atoms with Crippen LogP contribution in [0.1, 0.15) is 32.5 Å². The molecule has 0 saturated carbocycles. The summed E-state index contributed by atoms with van der Waals surface area (Å²) in [5.41, 5.74) is 0.932. The van der Waals surface area contributed by atoms with Gasteiger partial charge >= 0.3 is 0 Å². The number of carbonyl (C=O) groups excluding carboxylic acids is 1. The smallest absolute Gasteiger partial charge is 0.266 e. The Hall–Kier alpha value is -1.14. The molecule has 1 amide bonds. The molecule has 96 valence electrons. The number of imidazole rings is 1. The molecule has 1 aliphatic heterocycles. The third-order valence-electron chi connectivity index (χ3n) is 2.72. The monoisotopic (exact) mass is 281 g/mol. The molecule has 0 bridgehead atoms. The van der Waals surface area contributed by atoms with E-state index in [4.69, 9.17) is 12.2 Å². The summed E-state index contributed by atoms with van der Waals surface area (Å²) >= 11 is 6.53. The molecule has 0 unspecified atom stereocenters. The van der Waals surface area contributed by atoms with E-state index in [-0.39, 0.29) is 5.91 Å². The van der Waals surface area contributed by atoms with Crippen molar-refractivity contribution in [3.63, 3.8) is 0 Å². The molecule has 18 heavy (non-hydrogen) atoms. The number of hydrogen-bond donors (Lipinski definition) is 0. The lowest BCUT2D eigenvalue weighted by Crippen LogP contribution is -2.27. The van der Waals surface area contributed by atoms with E-state index in [0.717, 1.165) is 5.69 Å². The summed E-state index contributed by atoms with van der Waals surface area (Å²) in [4.78, 5) is 18.5. The van der Waals surface area contributed by atoms with Gasteiger partial charge in [-0.05, 0) is 26.8 Å². The van der Waals surface area contributed by atoms with E-state index < -0.39 is 0 Å². The summed E-state index contributed by atoms with van der Waals surface area (Å²) in [5, 5.41) is 0. The molecule has 6 heteroatoms. The van der Waals surface area contributed by atoms with Crippen LogP contribution in [0.4, 0.5) is 0 Å². The van der Waals surface area contributed by atoms with Crippen molar-refractivity contribution >= 4 is 40.3 Å². The van der Waals surface area contributed by atoms with Crippen LogP contribution in [0.15, 0.2) is 17.4 Å². The van der Waals surface area contributed by atoms with Crippen LogP contribution >= 0.6 is 24.0 Å². The number of hydrogen-bond acceptors (Lipinski definition) is 4. The first-order valence-corrected chi connectivity index (χ1v) is 7.04. The van der Waals surface area contributed by atoms with Crippen molar-refractivity contribution in [2.45, 2.75) is 26.8 Å². The fourth-order valence-electron chi connectivity index (χ4n) is 1.77. The van der Waals surface area contributed by atoms with Crippen molar-refractivity contribution in [3.05, 3.63) is 23.1 Å². The first-order chi connectivity index (χ1) is 8.54. The highest BCUT2D eigenvalue weighted by atomic mass is 32.2. The highest BCUT2D eigenvalue weighted by Gasteiger charge is 2.30. The maximum atomic E-state index is 12.1. The molecule has 1 aromatic rings. The van der Waals surface area contributed by atoms with E-state index in [2.05, 4.69) is 18.8 Å². The van der Waals surface area contributed by atoms with Gasteiger partial charge in [-0.15, -0.1) is 0 Å². The van der Waals surface area contributed by atoms with Crippen molar-refractivity contribution in [2.24, 2.45) is 0 Å². The molecular formula is C12H15N3OS2. The highest BCUT2D eigenvalue weighted by molar-refractivity contribution is 8.26. The van der Waals surface area contributed by atoms with Crippen LogP contribution in [0.2, 0.25) is 0 Å². The average Bonchev–Trinajstić information content (AvgIpc) is 2.86. The molecule has 2 rings (SSSR count). The van der Waals surface area contributed by atoms with E-state index in [1.165, 1.54) is 11.8 Å². The lowest BCUT2D eigenvalue weighted by Gasteiger charge is -2.10. The lowest BCUT2D eigenvalue weighted by molar-refractivity contribution is -0.121. The summed E-state index contributed by atoms with van der Waals surface area (Å²) in [6.45, 7) is 6.70. The van der Waals surface area contributed by atoms with Crippen molar-refractivity contribution in [2.75, 3.05) is 6.54 Å². The van der Waals surface area contributed by atoms with E-state index in [0.29, 0.717) is 21.8 Å². The third kappa shape index (κ3) is 2.35. The molecule has 0 aliphatic carbocycles. The second kappa shape index (κ2) is 5.24. The normalized spacial score (nSPS) is 18.4. The van der Waals surface area contributed by atoms with E-state index in [1.807, 2.05) is 17.6 Å². The summed E-state index contributed by atoms with van der Waals surface area (Å²) in [7, 11) is 0. The van der Waals surface area contributed by atoms with Crippen molar-refractivity contribution < 1.29 is 4.79 Å². The molecule has 0 spiro atoms. The number of thiocarbonyl (C=S) groups is 1. The zero-order chi connectivity index (χ0) is 13.3. The van der Waals surface area contributed by atoms with Crippen molar-refractivity contribution in [1.82, 2.24) is 14.5 Å². The topological polar surface area (TPSA) is 38.1 Å². The molecule has 1 fully saturated rings. The Morgan fingerprint density at radius 1 is 1.56 bits per heavy atom. The number of nitrogens with zero attached hydrogens (tertiary/aromatic N) is 3. The minimum atomic E-state index is -0.0102. The number of rotatable bonds is 3. The first kappa shape index (κ1) is 13.3. The Balaban J connectivity index is 2.32. The number of carbonyl (C=O) groups is 1. The van der Waals surface area contributed by atoms with Crippen LogP contribution < -0.4 is 0 Å². The fraction of sp³-hybridized carbons (Fsp3) is 0.417. The zero-order valence-electron chi connectivity index (χ0n) is 10.6. The average molecular weight is 281 g/mol. The first-order valence-electron chi connectivity index (χ1n) is 5.81. The minimum absolute atomic E-state index is 0.0102. The summed E-state index contributed by atoms with van der Waals surface area (Å²) in [5.74, 6) is -0.0102. The Bertz CT molecular complexity index is 519. The van der Waals surface area contributed by atoms with Gasteiger partial charge in [-0.2, -0.15) is 0 Å². The number of likely N-dealkylation sites (N-methyl/N-ethyl adjacent to an activating group) is 1. The van der Waals surface area contributed by atoms with Gasteiger partial charge in [-0.1, -0.05) is 24.0 Å². The largest absolute Gasteiger partial charge is 0.329 e. The van der Waals surface area contributed by atoms with Gasteiger partial charge in [0.15, 0.2) is 0 Å². The van der Waals surface area contributed by atoms with Crippen LogP contribution in [-0.4, -0.2) is 31.2 Å². The Morgan fingerprint density at radius 3 is 2.83 bits per heavy atom. The number of aromatic nitrogens is 2. The predicted octanol–water partition coefficient (Wildman–Crippen LogP) is 2.69. The van der Waals surface area contributed by atoms with Crippen LogP contribution in [0.5, 0.6) is 0 Å². The molecule has 0 atom stereocenters. The van der Waals surface area contributed by atoms with Crippen LogP contribution in [0.25, 0.3) is 6.08 Å². The fourth-order valence-corrected chi connectivity index (χ4v) is 3.13. The maximum absolute atomic E-state index is 12.1. The summed E-state index contributed by atoms with van der Waals surface area (Å²) < 4.78 is 2.66. The summed E-state index contributed by atoms with van der Waals surface area (Å²) in [6.07, 6.45) is 5.40. The van der Waals surface area contributed by atoms with Gasteiger partial charge in [-0.3, -0.25) is 9.69 Å². The highest BCUT2D eigenvalue weighted by Crippen LogP contribution is 2.32. The number of amides is 1. The molecule has 0 N–H and O–H groups in total. The van der Waals surface area contributed by atoms with Gasteiger partial charge in [0.2, 0.25) is 0 Å². The second-order valence-electron chi connectivity index (χ2n) is 4.25. The van der Waals surface area contributed by atoms with Gasteiger partial charge in [0, 0.05) is 12.6 Å². The van der Waals surface area contributed by atoms with E-state index in [1.54, 1.807) is 17.4 Å². The van der Waals surface area contributed by atoms with Gasteiger partial charge in [0.25, 0.3) is 5.91 Å². The molecule has 4 nitrogen and oxygen atoms in total. The Kier molecular flexibility index (Phi) is 3.87. The standard InChI is InChI=1S/C12H15N3OS2/c1-4-14-11(16)10(18-12(14)17)5-9-6-13-7-15(9)8(2)3/h5-8H,4H2,1-3H3/b10-5+. The molecule has 0 radical (unpaired) electrons. The zero-order valence-corrected chi connectivity index (χ0v) is 12.2. The molecule has 1 aliphatic rings. The molecule has 1 aromatic heterocycles. The van der Waals surface area contributed by atoms with Crippen LogP contribution in [0, 0.1) is 0 Å².